The van der Waals surface area contributed by atoms with Gasteiger partial charge in [0.25, 0.3) is 0 Å². The van der Waals surface area contributed by atoms with Gasteiger partial charge in [-0.15, -0.1) is 0 Å². The number of hydrogen-bond donors (Lipinski definition) is 1. The molecule has 1 heterocycles. The van der Waals surface area contributed by atoms with Crippen molar-refractivity contribution in [1.29, 1.82) is 0 Å². The number of nitrogens with two attached hydrogens (primary N) is 1. The van der Waals surface area contributed by atoms with Crippen LogP contribution in [0.5, 0.6) is 0 Å². The average molecular weight is 346 g/mol. The number of aryl methyl sites for hydroxylation is 1. The third kappa shape index (κ3) is 2.38. The molecule has 0 radical (unpaired) electrons. The van der Waals surface area contributed by atoms with Crippen LogP contribution in [0.4, 0.5) is 10.2 Å². The van der Waals surface area contributed by atoms with Gasteiger partial charge in [-0.05, 0) is 39.9 Å². The maximum atomic E-state index is 13.9. The minimum Gasteiger partial charge on any atom is -0.383 e. The van der Waals surface area contributed by atoms with Gasteiger partial charge in [0.15, 0.2) is 5.82 Å². The van der Waals surface area contributed by atoms with Crippen LogP contribution in [0.3, 0.4) is 0 Å². The van der Waals surface area contributed by atoms with Crippen molar-refractivity contribution in [2.75, 3.05) is 5.73 Å². The average Bonchev–Trinajstić information content (AvgIpc) is 2.51. The van der Waals surface area contributed by atoms with Gasteiger partial charge < -0.3 is 5.73 Å². The fourth-order valence-corrected chi connectivity index (χ4v) is 2.78. The molecule has 0 saturated heterocycles. The molecule has 0 amide bonds. The summed E-state index contributed by atoms with van der Waals surface area (Å²) >= 11 is 3.40. The molecule has 5 heteroatoms. The topological polar surface area (TPSA) is 51.8 Å². The Kier molecular flexibility index (Phi) is 3.59. The Morgan fingerprint density at radius 2 is 1.81 bits per heavy atom. The summed E-state index contributed by atoms with van der Waals surface area (Å²) in [6.45, 7) is 2.00. The molecule has 0 aliphatic heterocycles. The number of fused-ring (bicyclic) bond motifs is 1. The quantitative estimate of drug-likeness (QED) is 0.751. The zero-order valence-corrected chi connectivity index (χ0v) is 13.0. The van der Waals surface area contributed by atoms with E-state index in [9.17, 15) is 4.39 Å². The fourth-order valence-electron chi connectivity index (χ4n) is 2.32. The highest BCUT2D eigenvalue weighted by Gasteiger charge is 2.13. The molecule has 2 aromatic carbocycles. The molecular formula is C16H13BrFN3. The number of nitrogen functional groups attached to an aromatic ring is 1. The standard InChI is InChI=1S/C16H13BrFN3/c1-2-13-14(17)15(19)21-16(20-13)11-7-8-12(18)10-6-4-3-5-9(10)11/h3-8H,2H2,1H3,(H2,19,20,21). The highest BCUT2D eigenvalue weighted by molar-refractivity contribution is 9.10. The fraction of sp³-hybridized carbons (Fsp3) is 0.125. The van der Waals surface area contributed by atoms with E-state index in [1.165, 1.54) is 6.07 Å². The van der Waals surface area contributed by atoms with Crippen molar-refractivity contribution in [2.45, 2.75) is 13.3 Å². The van der Waals surface area contributed by atoms with Crippen LogP contribution in [0.15, 0.2) is 40.9 Å². The lowest BCUT2D eigenvalue weighted by molar-refractivity contribution is 0.640. The van der Waals surface area contributed by atoms with E-state index >= 15 is 0 Å². The van der Waals surface area contributed by atoms with Crippen molar-refractivity contribution in [3.8, 4) is 11.4 Å². The normalized spacial score (nSPS) is 11.0. The Morgan fingerprint density at radius 3 is 2.52 bits per heavy atom. The first-order chi connectivity index (χ1) is 10.1. The van der Waals surface area contributed by atoms with Gasteiger partial charge in [0.2, 0.25) is 0 Å². The lowest BCUT2D eigenvalue weighted by Crippen LogP contribution is -2.02. The molecule has 3 nitrogen and oxygen atoms in total. The Bertz CT molecular complexity index is 833. The second kappa shape index (κ2) is 5.41. The van der Waals surface area contributed by atoms with Crippen molar-refractivity contribution < 1.29 is 4.39 Å². The van der Waals surface area contributed by atoms with E-state index in [1.807, 2.05) is 25.1 Å². The molecule has 106 valence electrons. The van der Waals surface area contributed by atoms with E-state index < -0.39 is 0 Å². The van der Waals surface area contributed by atoms with Crippen LogP contribution in [0.1, 0.15) is 12.6 Å². The highest BCUT2D eigenvalue weighted by Crippen LogP contribution is 2.31. The van der Waals surface area contributed by atoms with Gasteiger partial charge in [-0.2, -0.15) is 0 Å². The molecule has 0 atom stereocenters. The van der Waals surface area contributed by atoms with Crippen molar-refractivity contribution in [3.05, 3.63) is 52.4 Å². The predicted octanol–water partition coefficient (Wildman–Crippen LogP) is 4.34. The molecule has 0 aliphatic carbocycles. The second-order valence-electron chi connectivity index (χ2n) is 4.69. The maximum Gasteiger partial charge on any atom is 0.162 e. The zero-order valence-electron chi connectivity index (χ0n) is 11.4. The van der Waals surface area contributed by atoms with Crippen LogP contribution in [-0.4, -0.2) is 9.97 Å². The van der Waals surface area contributed by atoms with E-state index in [-0.39, 0.29) is 5.82 Å². The molecule has 0 spiro atoms. The van der Waals surface area contributed by atoms with Crippen LogP contribution < -0.4 is 5.73 Å². The molecule has 0 unspecified atom stereocenters. The van der Waals surface area contributed by atoms with Gasteiger partial charge in [0, 0.05) is 10.9 Å². The third-order valence-corrected chi connectivity index (χ3v) is 4.26. The van der Waals surface area contributed by atoms with E-state index in [4.69, 9.17) is 5.73 Å². The Hall–Kier alpha value is -2.01. The summed E-state index contributed by atoms with van der Waals surface area (Å²) in [6, 6.07) is 10.4. The molecule has 1 aromatic heterocycles. The zero-order chi connectivity index (χ0) is 15.0. The number of aromatic nitrogens is 2. The Labute approximate surface area is 130 Å². The molecule has 0 fully saturated rings. The van der Waals surface area contributed by atoms with Gasteiger partial charge in [-0.1, -0.05) is 31.2 Å². The Balaban J connectivity index is 2.31. The largest absolute Gasteiger partial charge is 0.383 e. The van der Waals surface area contributed by atoms with E-state index in [1.54, 1.807) is 12.1 Å². The van der Waals surface area contributed by atoms with Gasteiger partial charge in [0.05, 0.1) is 10.2 Å². The van der Waals surface area contributed by atoms with E-state index in [0.29, 0.717) is 17.0 Å². The lowest BCUT2D eigenvalue weighted by Gasteiger charge is -2.10. The van der Waals surface area contributed by atoms with Crippen LogP contribution in [0.25, 0.3) is 22.2 Å². The smallest absolute Gasteiger partial charge is 0.162 e. The molecule has 3 rings (SSSR count). The summed E-state index contributed by atoms with van der Waals surface area (Å²) in [5, 5.41) is 1.33. The molecule has 2 N–H and O–H groups in total. The van der Waals surface area contributed by atoms with Gasteiger partial charge >= 0.3 is 0 Å². The number of halogens is 2. The second-order valence-corrected chi connectivity index (χ2v) is 5.48. The van der Waals surface area contributed by atoms with Gasteiger partial charge in [0.1, 0.15) is 11.6 Å². The summed E-state index contributed by atoms with van der Waals surface area (Å²) < 4.78 is 14.6. The molecule has 3 aromatic rings. The number of benzene rings is 2. The van der Waals surface area contributed by atoms with Gasteiger partial charge in [-0.25, -0.2) is 14.4 Å². The number of hydrogen-bond acceptors (Lipinski definition) is 3. The molecule has 21 heavy (non-hydrogen) atoms. The first-order valence-corrected chi connectivity index (χ1v) is 7.40. The van der Waals surface area contributed by atoms with Crippen LogP contribution in [-0.2, 0) is 6.42 Å². The summed E-state index contributed by atoms with van der Waals surface area (Å²) in [5.41, 5.74) is 7.55. The molecule has 0 aliphatic rings. The summed E-state index contributed by atoms with van der Waals surface area (Å²) in [5.74, 6) is 0.657. The summed E-state index contributed by atoms with van der Waals surface area (Å²) in [7, 11) is 0. The first-order valence-electron chi connectivity index (χ1n) is 6.61. The van der Waals surface area contributed by atoms with E-state index in [0.717, 1.165) is 27.5 Å². The minimum atomic E-state index is -0.254. The van der Waals surface area contributed by atoms with Crippen molar-refractivity contribution in [3.63, 3.8) is 0 Å². The van der Waals surface area contributed by atoms with Crippen LogP contribution in [0.2, 0.25) is 0 Å². The number of nitrogens with zero attached hydrogens (tertiary/aromatic N) is 2. The summed E-state index contributed by atoms with van der Waals surface area (Å²) in [4.78, 5) is 8.87. The summed E-state index contributed by atoms with van der Waals surface area (Å²) in [6.07, 6.45) is 0.736. The molecule has 0 bridgehead atoms. The minimum absolute atomic E-state index is 0.254. The molecule has 0 saturated carbocycles. The molecular weight excluding hydrogens is 333 g/mol. The highest BCUT2D eigenvalue weighted by atomic mass is 79.9. The third-order valence-electron chi connectivity index (χ3n) is 3.39. The first kappa shape index (κ1) is 13.9. The van der Waals surface area contributed by atoms with Crippen molar-refractivity contribution in [2.24, 2.45) is 0 Å². The van der Waals surface area contributed by atoms with Crippen LogP contribution >= 0.6 is 15.9 Å². The number of rotatable bonds is 2. The Morgan fingerprint density at radius 1 is 1.10 bits per heavy atom. The lowest BCUT2D eigenvalue weighted by atomic mass is 10.0. The predicted molar refractivity (Wildman–Crippen MR) is 86.4 cm³/mol. The van der Waals surface area contributed by atoms with Gasteiger partial charge in [-0.3, -0.25) is 0 Å². The SMILES string of the molecule is CCc1nc(-c2ccc(F)c3ccccc23)nc(N)c1Br. The number of anilines is 1. The van der Waals surface area contributed by atoms with Crippen LogP contribution in [0, 0.1) is 5.82 Å². The van der Waals surface area contributed by atoms with Crippen molar-refractivity contribution >= 4 is 32.5 Å². The van der Waals surface area contributed by atoms with E-state index in [2.05, 4.69) is 25.9 Å². The monoisotopic (exact) mass is 345 g/mol. The maximum absolute atomic E-state index is 13.9. The van der Waals surface area contributed by atoms with Crippen molar-refractivity contribution in [1.82, 2.24) is 9.97 Å².